The molecule has 2 fully saturated rings. The van der Waals surface area contributed by atoms with Crippen molar-refractivity contribution in [1.82, 2.24) is 20.1 Å². The molecule has 34 heavy (non-hydrogen) atoms. The van der Waals surface area contributed by atoms with Gasteiger partial charge in [-0.25, -0.2) is 0 Å². The van der Waals surface area contributed by atoms with E-state index in [4.69, 9.17) is 0 Å². The van der Waals surface area contributed by atoms with Gasteiger partial charge in [-0.3, -0.25) is 14.7 Å². The van der Waals surface area contributed by atoms with E-state index in [2.05, 4.69) is 26.2 Å². The lowest BCUT2D eigenvalue weighted by molar-refractivity contribution is -0.178. The molecule has 2 aliphatic rings. The van der Waals surface area contributed by atoms with Crippen molar-refractivity contribution in [1.29, 1.82) is 5.26 Å². The summed E-state index contributed by atoms with van der Waals surface area (Å²) in [5.41, 5.74) is 1.41. The Kier molecular flexibility index (Phi) is 6.96. The molecule has 1 aromatic carbocycles. The van der Waals surface area contributed by atoms with Gasteiger partial charge >= 0.3 is 6.18 Å². The number of nitrogens with one attached hydrogen (secondary N) is 1. The van der Waals surface area contributed by atoms with Crippen molar-refractivity contribution in [3.05, 3.63) is 36.0 Å². The molecule has 1 N–H and O–H groups in total. The van der Waals surface area contributed by atoms with E-state index in [-0.39, 0.29) is 25.4 Å². The number of alkyl halides is 3. The molecule has 0 spiro atoms. The van der Waals surface area contributed by atoms with Crippen LogP contribution >= 0.6 is 0 Å². The van der Waals surface area contributed by atoms with Gasteiger partial charge in [0.2, 0.25) is 5.91 Å². The zero-order chi connectivity index (χ0) is 24.5. The van der Waals surface area contributed by atoms with E-state index in [9.17, 15) is 23.2 Å². The molecule has 1 aromatic heterocycles. The molecule has 0 saturated carbocycles. The van der Waals surface area contributed by atoms with Crippen LogP contribution in [0.4, 0.5) is 18.9 Å². The number of benzene rings is 1. The van der Waals surface area contributed by atoms with Crippen molar-refractivity contribution in [3.8, 4) is 6.07 Å². The van der Waals surface area contributed by atoms with Crippen molar-refractivity contribution in [2.24, 2.45) is 5.92 Å². The normalized spacial score (nSPS) is 23.5. The quantitative estimate of drug-likeness (QED) is 0.735. The highest BCUT2D eigenvalue weighted by Gasteiger charge is 2.45. The van der Waals surface area contributed by atoms with Gasteiger partial charge in [-0.2, -0.15) is 18.4 Å². The number of carbonyl (C=O) groups is 1. The highest BCUT2D eigenvalue weighted by Crippen LogP contribution is 2.37. The summed E-state index contributed by atoms with van der Waals surface area (Å²) in [5.74, 6) is -1.82. The van der Waals surface area contributed by atoms with Gasteiger partial charge in [0.1, 0.15) is 6.07 Å². The van der Waals surface area contributed by atoms with Crippen molar-refractivity contribution in [3.63, 3.8) is 0 Å². The smallest absolute Gasteiger partial charge is 0.368 e. The molecular formula is C24H29F3N6O. The lowest BCUT2D eigenvalue weighted by atomic mass is 9.92. The van der Waals surface area contributed by atoms with Crippen molar-refractivity contribution in [2.75, 3.05) is 51.2 Å². The van der Waals surface area contributed by atoms with E-state index in [0.29, 0.717) is 22.2 Å². The topological polar surface area (TPSA) is 75.5 Å². The molecule has 3 atom stereocenters. The summed E-state index contributed by atoms with van der Waals surface area (Å²) in [7, 11) is 2.03. The van der Waals surface area contributed by atoms with Crippen LogP contribution in [0.2, 0.25) is 0 Å². The minimum absolute atomic E-state index is 0.159. The molecule has 0 aliphatic carbocycles. The van der Waals surface area contributed by atoms with Crippen LogP contribution in [0.1, 0.15) is 18.9 Å². The van der Waals surface area contributed by atoms with Gasteiger partial charge in [0.05, 0.1) is 23.0 Å². The molecule has 2 aliphatic heterocycles. The van der Waals surface area contributed by atoms with Crippen LogP contribution < -0.4 is 10.2 Å². The number of fused-ring (bicyclic) bond motifs is 1. The number of hydrogen-bond acceptors (Lipinski definition) is 6. The number of likely N-dealkylation sites (N-methyl/N-ethyl adjacent to an activating group) is 1. The van der Waals surface area contributed by atoms with Gasteiger partial charge in [-0.05, 0) is 44.7 Å². The largest absolute Gasteiger partial charge is 0.393 e. The maximum Gasteiger partial charge on any atom is 0.393 e. The van der Waals surface area contributed by atoms with Crippen molar-refractivity contribution >= 4 is 22.5 Å². The molecule has 3 heterocycles. The van der Waals surface area contributed by atoms with Gasteiger partial charge in [-0.15, -0.1) is 0 Å². The van der Waals surface area contributed by atoms with Crippen LogP contribution in [-0.2, 0) is 4.79 Å². The second-order valence-electron chi connectivity index (χ2n) is 9.24. The second-order valence-corrected chi connectivity index (χ2v) is 9.24. The molecule has 2 saturated heterocycles. The molecule has 1 amide bonds. The Labute approximate surface area is 197 Å². The summed E-state index contributed by atoms with van der Waals surface area (Å²) in [6.07, 6.45) is -2.98. The number of pyridine rings is 1. The third kappa shape index (κ3) is 5.10. The number of hydrogen-bond donors (Lipinski definition) is 1. The van der Waals surface area contributed by atoms with E-state index in [1.165, 1.54) is 0 Å². The lowest BCUT2D eigenvalue weighted by Crippen LogP contribution is -2.58. The molecular weight excluding hydrogens is 445 g/mol. The average molecular weight is 475 g/mol. The minimum Gasteiger partial charge on any atom is -0.368 e. The number of nitriles is 1. The summed E-state index contributed by atoms with van der Waals surface area (Å²) in [6.45, 7) is 5.05. The maximum atomic E-state index is 13.9. The summed E-state index contributed by atoms with van der Waals surface area (Å²) in [5, 5.41) is 12.9. The Morgan fingerprint density at radius 2 is 1.94 bits per heavy atom. The third-order valence-electron chi connectivity index (χ3n) is 6.93. The summed E-state index contributed by atoms with van der Waals surface area (Å²) >= 11 is 0. The van der Waals surface area contributed by atoms with E-state index < -0.39 is 24.2 Å². The number of anilines is 1. The van der Waals surface area contributed by atoms with Gasteiger partial charge in [0.15, 0.2) is 0 Å². The first kappa shape index (κ1) is 24.2. The first-order chi connectivity index (χ1) is 16.2. The predicted octanol–water partition coefficient (Wildman–Crippen LogP) is 2.62. The van der Waals surface area contributed by atoms with Crippen LogP contribution in [0, 0.1) is 17.2 Å². The number of rotatable bonds is 4. The molecule has 0 radical (unpaired) electrons. The van der Waals surface area contributed by atoms with Crippen LogP contribution in [-0.4, -0.2) is 85.3 Å². The number of aromatic nitrogens is 1. The average Bonchev–Trinajstić information content (AvgIpc) is 2.82. The Balaban J connectivity index is 1.56. The van der Waals surface area contributed by atoms with E-state index in [1.807, 2.05) is 14.0 Å². The fourth-order valence-electron chi connectivity index (χ4n) is 4.86. The molecule has 182 valence electrons. The van der Waals surface area contributed by atoms with Gasteiger partial charge in [0.25, 0.3) is 0 Å². The number of nitrogens with zero attached hydrogens (tertiary/aromatic N) is 5. The van der Waals surface area contributed by atoms with Gasteiger partial charge < -0.3 is 15.1 Å². The van der Waals surface area contributed by atoms with Gasteiger partial charge in [0, 0.05) is 62.6 Å². The molecule has 10 heteroatoms. The summed E-state index contributed by atoms with van der Waals surface area (Å²) in [4.78, 5) is 23.2. The van der Waals surface area contributed by atoms with Crippen LogP contribution in [0.3, 0.4) is 0 Å². The molecule has 2 aromatic rings. The minimum atomic E-state index is -4.38. The molecule has 4 rings (SSSR count). The number of piperazine rings is 1. The number of piperidine rings is 1. The monoisotopic (exact) mass is 474 g/mol. The first-order valence-electron chi connectivity index (χ1n) is 11.5. The molecule has 7 nitrogen and oxygen atoms in total. The SMILES string of the molecule is C[C@H](C(=O)N[C@@H]1C[C@H](C(F)(F)F)CN(c2ccc(C#N)c3ncccc23)C1)N1CCN(C)CC1. The molecule has 0 bridgehead atoms. The van der Waals surface area contributed by atoms with Crippen molar-refractivity contribution in [2.45, 2.75) is 31.6 Å². The maximum absolute atomic E-state index is 13.9. The highest BCUT2D eigenvalue weighted by atomic mass is 19.4. The van der Waals surface area contributed by atoms with Crippen LogP contribution in [0.15, 0.2) is 30.5 Å². The number of carbonyl (C=O) groups excluding carboxylic acids is 1. The van der Waals surface area contributed by atoms with Crippen LogP contribution in [0.5, 0.6) is 0 Å². The zero-order valence-electron chi connectivity index (χ0n) is 19.3. The standard InChI is InChI=1S/C24H29F3N6O/c1-16(32-10-8-31(2)9-11-32)23(34)30-19-12-18(24(25,26)27)14-33(15-19)21-6-5-17(13-28)22-20(21)4-3-7-29-22/h3-7,16,18-19H,8-12,14-15H2,1-2H3,(H,30,34)/t16-,18+,19-/m1/s1. The Morgan fingerprint density at radius 3 is 2.62 bits per heavy atom. The second kappa shape index (κ2) is 9.76. The lowest BCUT2D eigenvalue weighted by Gasteiger charge is -2.41. The Hall–Kier alpha value is -2.90. The fourth-order valence-corrected chi connectivity index (χ4v) is 4.86. The van der Waals surface area contributed by atoms with E-state index in [1.54, 1.807) is 35.4 Å². The zero-order valence-corrected chi connectivity index (χ0v) is 19.3. The Bertz CT molecular complexity index is 1080. The van der Waals surface area contributed by atoms with Gasteiger partial charge in [-0.1, -0.05) is 0 Å². The summed E-state index contributed by atoms with van der Waals surface area (Å²) in [6, 6.07) is 7.76. The number of halogens is 3. The van der Waals surface area contributed by atoms with Crippen LogP contribution in [0.25, 0.3) is 10.9 Å². The third-order valence-corrected chi connectivity index (χ3v) is 6.93. The van der Waals surface area contributed by atoms with E-state index in [0.717, 1.165) is 26.2 Å². The Morgan fingerprint density at radius 1 is 1.21 bits per heavy atom. The van der Waals surface area contributed by atoms with Crippen molar-refractivity contribution < 1.29 is 18.0 Å². The molecule has 0 unspecified atom stereocenters. The summed E-state index contributed by atoms with van der Waals surface area (Å²) < 4.78 is 41.6. The predicted molar refractivity (Wildman–Crippen MR) is 123 cm³/mol. The fraction of sp³-hybridized carbons (Fsp3) is 0.542. The highest BCUT2D eigenvalue weighted by molar-refractivity contribution is 5.95. The first-order valence-corrected chi connectivity index (χ1v) is 11.5. The van der Waals surface area contributed by atoms with E-state index >= 15 is 0 Å². The number of amides is 1.